The maximum atomic E-state index is 11.8. The van der Waals surface area contributed by atoms with Crippen molar-refractivity contribution < 1.29 is 4.79 Å². The standard InChI is InChI=1S/C17H25NO/c1-3-16(13-14-7-5-4-6-8-14)18(2)12-11-17(19)15-9-10-15/h4-8,15-16H,3,9-13H2,1-2H3/t16-/m1/s1. The fraction of sp³-hybridized carbons (Fsp3) is 0.588. The van der Waals surface area contributed by atoms with Gasteiger partial charge in [-0.1, -0.05) is 37.3 Å². The highest BCUT2D eigenvalue weighted by Gasteiger charge is 2.29. The first kappa shape index (κ1) is 14.3. The molecule has 0 radical (unpaired) electrons. The summed E-state index contributed by atoms with van der Waals surface area (Å²) < 4.78 is 0. The predicted molar refractivity (Wildman–Crippen MR) is 79.2 cm³/mol. The molecule has 0 N–H and O–H groups in total. The molecule has 0 spiro atoms. The zero-order valence-corrected chi connectivity index (χ0v) is 12.1. The van der Waals surface area contributed by atoms with E-state index < -0.39 is 0 Å². The van der Waals surface area contributed by atoms with E-state index in [-0.39, 0.29) is 0 Å². The van der Waals surface area contributed by atoms with Crippen LogP contribution in [0.4, 0.5) is 0 Å². The van der Waals surface area contributed by atoms with Gasteiger partial charge < -0.3 is 4.90 Å². The summed E-state index contributed by atoms with van der Waals surface area (Å²) in [5.41, 5.74) is 1.38. The molecule has 0 bridgehead atoms. The maximum Gasteiger partial charge on any atom is 0.137 e. The summed E-state index contributed by atoms with van der Waals surface area (Å²) in [6.07, 6.45) is 5.19. The van der Waals surface area contributed by atoms with Crippen LogP contribution in [-0.2, 0) is 11.2 Å². The molecular formula is C17H25NO. The molecule has 0 heterocycles. The highest BCUT2D eigenvalue weighted by Crippen LogP contribution is 2.30. The third-order valence-corrected chi connectivity index (χ3v) is 4.15. The van der Waals surface area contributed by atoms with Crippen molar-refractivity contribution in [3.05, 3.63) is 35.9 Å². The minimum atomic E-state index is 0.405. The average Bonchev–Trinajstić information content (AvgIpc) is 3.27. The van der Waals surface area contributed by atoms with Gasteiger partial charge in [0.2, 0.25) is 0 Å². The van der Waals surface area contributed by atoms with Crippen molar-refractivity contribution in [1.29, 1.82) is 0 Å². The van der Waals surface area contributed by atoms with E-state index in [1.807, 2.05) is 0 Å². The van der Waals surface area contributed by atoms with Crippen LogP contribution in [0.2, 0.25) is 0 Å². The lowest BCUT2D eigenvalue weighted by molar-refractivity contribution is -0.120. The number of ketones is 1. The van der Waals surface area contributed by atoms with Gasteiger partial charge in [0.1, 0.15) is 5.78 Å². The first-order valence-electron chi connectivity index (χ1n) is 7.47. The van der Waals surface area contributed by atoms with Gasteiger partial charge in [-0.3, -0.25) is 4.79 Å². The number of carbonyl (C=O) groups is 1. The van der Waals surface area contributed by atoms with Gasteiger partial charge in [-0.2, -0.15) is 0 Å². The van der Waals surface area contributed by atoms with E-state index in [1.54, 1.807) is 0 Å². The van der Waals surface area contributed by atoms with E-state index in [9.17, 15) is 4.79 Å². The van der Waals surface area contributed by atoms with Crippen LogP contribution in [0.15, 0.2) is 30.3 Å². The average molecular weight is 259 g/mol. The number of hydrogen-bond acceptors (Lipinski definition) is 2. The van der Waals surface area contributed by atoms with Gasteiger partial charge in [0.15, 0.2) is 0 Å². The Hall–Kier alpha value is -1.15. The fourth-order valence-electron chi connectivity index (χ4n) is 2.58. The van der Waals surface area contributed by atoms with E-state index in [1.165, 1.54) is 5.56 Å². The largest absolute Gasteiger partial charge is 0.303 e. The Morgan fingerprint density at radius 1 is 1.32 bits per heavy atom. The van der Waals surface area contributed by atoms with Crippen molar-refractivity contribution in [3.63, 3.8) is 0 Å². The number of carbonyl (C=O) groups excluding carboxylic acids is 1. The molecule has 1 fully saturated rings. The fourth-order valence-corrected chi connectivity index (χ4v) is 2.58. The number of rotatable bonds is 8. The van der Waals surface area contributed by atoms with E-state index in [0.29, 0.717) is 17.7 Å². The molecular weight excluding hydrogens is 234 g/mol. The van der Waals surface area contributed by atoms with Crippen LogP contribution < -0.4 is 0 Å². The number of hydrogen-bond donors (Lipinski definition) is 0. The van der Waals surface area contributed by atoms with Crippen LogP contribution in [0.5, 0.6) is 0 Å². The minimum absolute atomic E-state index is 0.405. The lowest BCUT2D eigenvalue weighted by atomic mass is 10.0. The summed E-state index contributed by atoms with van der Waals surface area (Å²) >= 11 is 0. The molecule has 104 valence electrons. The Kier molecular flexibility index (Phi) is 5.15. The van der Waals surface area contributed by atoms with Gasteiger partial charge >= 0.3 is 0 Å². The Morgan fingerprint density at radius 3 is 2.58 bits per heavy atom. The second-order valence-electron chi connectivity index (χ2n) is 5.72. The smallest absolute Gasteiger partial charge is 0.137 e. The van der Waals surface area contributed by atoms with Gasteiger partial charge in [-0.25, -0.2) is 0 Å². The monoisotopic (exact) mass is 259 g/mol. The van der Waals surface area contributed by atoms with Gasteiger partial charge in [0.25, 0.3) is 0 Å². The van der Waals surface area contributed by atoms with Crippen LogP contribution in [0.25, 0.3) is 0 Å². The zero-order chi connectivity index (χ0) is 13.7. The zero-order valence-electron chi connectivity index (χ0n) is 12.1. The lowest BCUT2D eigenvalue weighted by Gasteiger charge is -2.27. The van der Waals surface area contributed by atoms with E-state index in [0.717, 1.165) is 38.6 Å². The molecule has 2 heteroatoms. The van der Waals surface area contributed by atoms with Gasteiger partial charge in [-0.05, 0) is 38.3 Å². The van der Waals surface area contributed by atoms with Gasteiger partial charge in [0.05, 0.1) is 0 Å². The first-order valence-corrected chi connectivity index (χ1v) is 7.47. The third-order valence-electron chi connectivity index (χ3n) is 4.15. The number of benzene rings is 1. The SMILES string of the molecule is CC[C@H](Cc1ccccc1)N(C)CCC(=O)C1CC1. The van der Waals surface area contributed by atoms with Crippen molar-refractivity contribution in [2.45, 2.75) is 45.1 Å². The molecule has 1 saturated carbocycles. The molecule has 0 aliphatic heterocycles. The van der Waals surface area contributed by atoms with Crippen molar-refractivity contribution in [3.8, 4) is 0 Å². The predicted octanol–water partition coefficient (Wildman–Crippen LogP) is 3.31. The quantitative estimate of drug-likeness (QED) is 0.714. The van der Waals surface area contributed by atoms with Crippen molar-refractivity contribution >= 4 is 5.78 Å². The Balaban J connectivity index is 1.80. The Labute approximate surface area is 116 Å². The summed E-state index contributed by atoms with van der Waals surface area (Å²) in [5.74, 6) is 0.879. The Morgan fingerprint density at radius 2 is 2.00 bits per heavy atom. The summed E-state index contributed by atoms with van der Waals surface area (Å²) in [6.45, 7) is 3.13. The van der Waals surface area contributed by atoms with Crippen molar-refractivity contribution in [2.75, 3.05) is 13.6 Å². The molecule has 0 amide bonds. The highest BCUT2D eigenvalue weighted by molar-refractivity contribution is 5.83. The normalized spacial score (nSPS) is 16.6. The summed E-state index contributed by atoms with van der Waals surface area (Å²) in [6, 6.07) is 11.2. The van der Waals surface area contributed by atoms with E-state index >= 15 is 0 Å². The van der Waals surface area contributed by atoms with E-state index in [4.69, 9.17) is 0 Å². The summed E-state index contributed by atoms with van der Waals surface area (Å²) in [5, 5.41) is 0. The molecule has 1 aliphatic rings. The number of Topliss-reactive ketones (excluding diaryl/α,β-unsaturated/α-hetero) is 1. The van der Waals surface area contributed by atoms with Crippen LogP contribution in [0.1, 0.15) is 38.2 Å². The molecule has 1 atom stereocenters. The minimum Gasteiger partial charge on any atom is -0.303 e. The molecule has 19 heavy (non-hydrogen) atoms. The molecule has 0 aromatic heterocycles. The number of likely N-dealkylation sites (N-methyl/N-ethyl adjacent to an activating group) is 1. The first-order chi connectivity index (χ1) is 9.20. The molecule has 2 nitrogen and oxygen atoms in total. The van der Waals surface area contributed by atoms with E-state index in [2.05, 4.69) is 49.2 Å². The van der Waals surface area contributed by atoms with Crippen LogP contribution >= 0.6 is 0 Å². The second-order valence-corrected chi connectivity index (χ2v) is 5.72. The van der Waals surface area contributed by atoms with Crippen LogP contribution in [-0.4, -0.2) is 30.3 Å². The molecule has 0 saturated heterocycles. The van der Waals surface area contributed by atoms with Crippen molar-refractivity contribution in [1.82, 2.24) is 4.90 Å². The van der Waals surface area contributed by atoms with Gasteiger partial charge in [-0.15, -0.1) is 0 Å². The molecule has 1 aromatic rings. The summed E-state index contributed by atoms with van der Waals surface area (Å²) in [7, 11) is 2.15. The lowest BCUT2D eigenvalue weighted by Crippen LogP contribution is -2.34. The molecule has 1 aromatic carbocycles. The van der Waals surface area contributed by atoms with Gasteiger partial charge in [0, 0.05) is 24.9 Å². The van der Waals surface area contributed by atoms with Crippen LogP contribution in [0, 0.1) is 5.92 Å². The summed E-state index contributed by atoms with van der Waals surface area (Å²) in [4.78, 5) is 14.1. The third kappa shape index (κ3) is 4.46. The second kappa shape index (κ2) is 6.85. The number of nitrogens with zero attached hydrogens (tertiary/aromatic N) is 1. The Bertz CT molecular complexity index is 397. The highest BCUT2D eigenvalue weighted by atomic mass is 16.1. The molecule has 1 aliphatic carbocycles. The molecule has 2 rings (SSSR count). The van der Waals surface area contributed by atoms with Crippen molar-refractivity contribution in [2.24, 2.45) is 5.92 Å². The molecule has 0 unspecified atom stereocenters. The maximum absolute atomic E-state index is 11.8. The van der Waals surface area contributed by atoms with Crippen LogP contribution in [0.3, 0.4) is 0 Å². The topological polar surface area (TPSA) is 20.3 Å².